The van der Waals surface area contributed by atoms with Crippen molar-refractivity contribution in [2.45, 2.75) is 9.79 Å². The van der Waals surface area contributed by atoms with E-state index in [4.69, 9.17) is 17.3 Å². The van der Waals surface area contributed by atoms with E-state index < -0.39 is 9.84 Å². The summed E-state index contributed by atoms with van der Waals surface area (Å²) in [5.41, 5.74) is 8.60. The van der Waals surface area contributed by atoms with Crippen molar-refractivity contribution >= 4 is 55.7 Å². The Hall–Kier alpha value is -3.82. The third-order valence-corrected chi connectivity index (χ3v) is 6.88. The summed E-state index contributed by atoms with van der Waals surface area (Å²) in [5.74, 6) is -0.0967. The molecule has 0 saturated heterocycles. The summed E-state index contributed by atoms with van der Waals surface area (Å²) in [6.45, 7) is 0. The van der Waals surface area contributed by atoms with Gasteiger partial charge in [0.1, 0.15) is 16.2 Å². The van der Waals surface area contributed by atoms with Gasteiger partial charge in [0.05, 0.1) is 22.1 Å². The number of anilines is 1. The van der Waals surface area contributed by atoms with Gasteiger partial charge in [-0.05, 0) is 48.0 Å². The fraction of sp³-hybridized carbons (Fsp3) is 0. The standard InChI is InChI=1S/C22H15ClN6O2S/c23-15-4-3-5-16(12-15)32(30,31)20-19-22(28-18-7-2-1-6-17(18)27-19)29(21(20)24)26-13-14-8-10-25-11-9-14/h1-13H,24H2/b26-13-. The molecule has 0 atom stereocenters. The first-order chi connectivity index (χ1) is 15.4. The molecule has 0 aliphatic carbocycles. The minimum Gasteiger partial charge on any atom is -0.382 e. The number of rotatable bonds is 4. The molecule has 0 amide bonds. The van der Waals surface area contributed by atoms with Crippen LogP contribution in [0.3, 0.4) is 0 Å². The highest BCUT2D eigenvalue weighted by Crippen LogP contribution is 2.35. The summed E-state index contributed by atoms with van der Waals surface area (Å²) in [6.07, 6.45) is 4.80. The zero-order chi connectivity index (χ0) is 22.3. The summed E-state index contributed by atoms with van der Waals surface area (Å²) < 4.78 is 28.4. The Morgan fingerprint density at radius 2 is 1.69 bits per heavy atom. The molecule has 158 valence electrons. The lowest BCUT2D eigenvalue weighted by Crippen LogP contribution is -2.06. The number of nitrogen functional groups attached to an aromatic ring is 1. The van der Waals surface area contributed by atoms with Crippen molar-refractivity contribution < 1.29 is 8.42 Å². The van der Waals surface area contributed by atoms with E-state index in [0.29, 0.717) is 16.1 Å². The van der Waals surface area contributed by atoms with Gasteiger partial charge in [-0.25, -0.2) is 18.4 Å². The molecule has 0 saturated carbocycles. The van der Waals surface area contributed by atoms with E-state index in [9.17, 15) is 8.42 Å². The van der Waals surface area contributed by atoms with E-state index in [2.05, 4.69) is 20.1 Å². The molecule has 0 aliphatic heterocycles. The molecular formula is C22H15ClN6O2S. The molecule has 10 heteroatoms. The van der Waals surface area contributed by atoms with Gasteiger partial charge in [0.25, 0.3) is 0 Å². The van der Waals surface area contributed by atoms with Crippen LogP contribution in [0.5, 0.6) is 0 Å². The zero-order valence-corrected chi connectivity index (χ0v) is 18.0. The molecule has 0 fully saturated rings. The van der Waals surface area contributed by atoms with Gasteiger partial charge >= 0.3 is 0 Å². The number of pyridine rings is 1. The lowest BCUT2D eigenvalue weighted by molar-refractivity contribution is 0.597. The quantitative estimate of drug-likeness (QED) is 0.404. The van der Waals surface area contributed by atoms with Crippen LogP contribution in [0, 0.1) is 0 Å². The van der Waals surface area contributed by atoms with Gasteiger partial charge in [0.2, 0.25) is 9.84 Å². The van der Waals surface area contributed by atoms with Crippen molar-refractivity contribution in [1.82, 2.24) is 19.6 Å². The smallest absolute Gasteiger partial charge is 0.212 e. The molecule has 5 rings (SSSR count). The first kappa shape index (κ1) is 20.1. The van der Waals surface area contributed by atoms with Gasteiger partial charge in [-0.2, -0.15) is 9.78 Å². The maximum atomic E-state index is 13.6. The number of nitrogens with zero attached hydrogens (tertiary/aromatic N) is 5. The Labute approximate surface area is 187 Å². The normalized spacial score (nSPS) is 12.2. The van der Waals surface area contributed by atoms with Crippen molar-refractivity contribution in [3.8, 4) is 0 Å². The second kappa shape index (κ2) is 7.70. The predicted octanol–water partition coefficient (Wildman–Crippen LogP) is 3.93. The summed E-state index contributed by atoms with van der Waals surface area (Å²) in [5, 5.41) is 4.69. The van der Waals surface area contributed by atoms with Gasteiger partial charge < -0.3 is 5.73 Å². The van der Waals surface area contributed by atoms with Crippen LogP contribution in [-0.4, -0.2) is 34.3 Å². The van der Waals surface area contributed by atoms with Crippen molar-refractivity contribution in [3.63, 3.8) is 0 Å². The van der Waals surface area contributed by atoms with E-state index in [-0.39, 0.29) is 26.8 Å². The molecule has 2 N–H and O–H groups in total. The van der Waals surface area contributed by atoms with Crippen LogP contribution in [0.4, 0.5) is 5.82 Å². The van der Waals surface area contributed by atoms with Crippen LogP contribution >= 0.6 is 11.6 Å². The van der Waals surface area contributed by atoms with Gasteiger partial charge in [0, 0.05) is 17.4 Å². The molecule has 0 spiro atoms. The average Bonchev–Trinajstić information content (AvgIpc) is 3.07. The maximum absolute atomic E-state index is 13.6. The molecule has 32 heavy (non-hydrogen) atoms. The van der Waals surface area contributed by atoms with Crippen molar-refractivity contribution in [1.29, 1.82) is 0 Å². The fourth-order valence-corrected chi connectivity index (χ4v) is 5.11. The summed E-state index contributed by atoms with van der Waals surface area (Å²) in [7, 11) is -4.07. The third kappa shape index (κ3) is 3.37. The number of hydrogen-bond donors (Lipinski definition) is 1. The van der Waals surface area contributed by atoms with Gasteiger partial charge in [-0.15, -0.1) is 0 Å². The number of benzene rings is 2. The highest BCUT2D eigenvalue weighted by molar-refractivity contribution is 7.92. The van der Waals surface area contributed by atoms with Crippen LogP contribution < -0.4 is 5.73 Å². The van der Waals surface area contributed by atoms with Crippen LogP contribution in [0.2, 0.25) is 5.02 Å². The molecule has 3 heterocycles. The van der Waals surface area contributed by atoms with Gasteiger partial charge in [-0.1, -0.05) is 29.8 Å². The largest absolute Gasteiger partial charge is 0.382 e. The van der Waals surface area contributed by atoms with Crippen molar-refractivity contribution in [3.05, 3.63) is 83.6 Å². The fourth-order valence-electron chi connectivity index (χ4n) is 3.33. The molecule has 0 bridgehead atoms. The van der Waals surface area contributed by atoms with Crippen LogP contribution in [0.25, 0.3) is 22.2 Å². The summed E-state index contributed by atoms with van der Waals surface area (Å²) >= 11 is 6.04. The zero-order valence-electron chi connectivity index (χ0n) is 16.4. The van der Waals surface area contributed by atoms with Crippen LogP contribution in [0.1, 0.15) is 5.56 Å². The number of nitrogens with two attached hydrogens (primary N) is 1. The Morgan fingerprint density at radius 3 is 2.41 bits per heavy atom. The SMILES string of the molecule is Nc1c(S(=O)(=O)c2cccc(Cl)c2)c2nc3ccccc3nc2n1/N=C\c1ccncc1. The minimum absolute atomic E-state index is 0.00354. The second-order valence-electron chi connectivity index (χ2n) is 6.90. The average molecular weight is 463 g/mol. The van der Waals surface area contributed by atoms with Crippen LogP contribution in [-0.2, 0) is 9.84 Å². The highest BCUT2D eigenvalue weighted by atomic mass is 35.5. The number of sulfone groups is 1. The number of halogens is 1. The molecule has 0 unspecified atom stereocenters. The number of aromatic nitrogens is 4. The van der Waals surface area contributed by atoms with E-state index in [1.807, 2.05) is 6.07 Å². The van der Waals surface area contributed by atoms with Crippen molar-refractivity contribution in [2.75, 3.05) is 5.73 Å². The number of fused-ring (bicyclic) bond motifs is 2. The molecule has 8 nitrogen and oxygen atoms in total. The highest BCUT2D eigenvalue weighted by Gasteiger charge is 2.30. The van der Waals surface area contributed by atoms with Crippen LogP contribution in [0.15, 0.2) is 87.9 Å². The summed E-state index contributed by atoms with van der Waals surface area (Å²) in [4.78, 5) is 13.0. The lowest BCUT2D eigenvalue weighted by Gasteiger charge is -2.05. The Bertz CT molecular complexity index is 1610. The van der Waals surface area contributed by atoms with E-state index in [1.54, 1.807) is 61.1 Å². The molecule has 2 aromatic carbocycles. The monoisotopic (exact) mass is 462 g/mol. The molecule has 5 aromatic rings. The Kier molecular flexibility index (Phi) is 4.84. The maximum Gasteiger partial charge on any atom is 0.212 e. The number of para-hydroxylation sites is 2. The van der Waals surface area contributed by atoms with E-state index >= 15 is 0 Å². The third-order valence-electron chi connectivity index (χ3n) is 4.83. The van der Waals surface area contributed by atoms with Gasteiger partial charge in [-0.3, -0.25) is 4.98 Å². The molecule has 0 radical (unpaired) electrons. The number of hydrogen-bond acceptors (Lipinski definition) is 7. The molecule has 0 aliphatic rings. The van der Waals surface area contributed by atoms with Crippen molar-refractivity contribution in [2.24, 2.45) is 5.10 Å². The van der Waals surface area contributed by atoms with Gasteiger partial charge in [0.15, 0.2) is 5.65 Å². The second-order valence-corrected chi connectivity index (χ2v) is 9.22. The molecule has 3 aromatic heterocycles. The first-order valence-corrected chi connectivity index (χ1v) is 11.3. The summed E-state index contributed by atoms with van der Waals surface area (Å²) in [6, 6.07) is 16.7. The predicted molar refractivity (Wildman–Crippen MR) is 124 cm³/mol. The Morgan fingerprint density at radius 1 is 0.969 bits per heavy atom. The van der Waals surface area contributed by atoms with E-state index in [0.717, 1.165) is 5.56 Å². The topological polar surface area (TPSA) is 116 Å². The minimum atomic E-state index is -4.07. The lowest BCUT2D eigenvalue weighted by atomic mass is 10.3. The Balaban J connectivity index is 1.82. The first-order valence-electron chi connectivity index (χ1n) is 9.47. The van der Waals surface area contributed by atoms with E-state index in [1.165, 1.54) is 16.8 Å². The molecular weight excluding hydrogens is 448 g/mol.